The lowest BCUT2D eigenvalue weighted by atomic mass is 10.2. The van der Waals surface area contributed by atoms with Gasteiger partial charge in [0.2, 0.25) is 0 Å². The van der Waals surface area contributed by atoms with Crippen LogP contribution in [0, 0.1) is 7.05 Å². The minimum absolute atomic E-state index is 0.410. The molecular weight excluding hydrogens is 130 g/mol. The van der Waals surface area contributed by atoms with Gasteiger partial charge in [-0.05, 0) is 20.8 Å². The summed E-state index contributed by atoms with van der Waals surface area (Å²) in [7, 11) is 4.93. The van der Waals surface area contributed by atoms with Gasteiger partial charge in [-0.1, -0.05) is 0 Å². The monoisotopic (exact) mass is 144 g/mol. The maximum absolute atomic E-state index is 10.8. The van der Waals surface area contributed by atoms with Crippen LogP contribution in [0.4, 0.5) is 4.79 Å². The molecule has 59 valence electrons. The largest absolute Gasteiger partial charge is 0.444 e. The first-order valence-corrected chi connectivity index (χ1v) is 3.10. The molecule has 0 aliphatic carbocycles. The molecule has 0 fully saturated rings. The van der Waals surface area contributed by atoms with Gasteiger partial charge in [0.15, 0.2) is 0 Å². The van der Waals surface area contributed by atoms with Gasteiger partial charge in [0.1, 0.15) is 5.60 Å². The second-order valence-electron chi connectivity index (χ2n) is 3.18. The number of carbonyl (C=O) groups excluding carboxylic acids is 1. The van der Waals surface area contributed by atoms with Gasteiger partial charge in [-0.25, -0.2) is 4.79 Å². The second-order valence-corrected chi connectivity index (χ2v) is 3.18. The summed E-state index contributed by atoms with van der Waals surface area (Å²) in [6, 6.07) is 0. The fraction of sp³-hybridized carbons (Fsp3) is 0.714. The van der Waals surface area contributed by atoms with E-state index in [-0.39, 0.29) is 0 Å². The van der Waals surface area contributed by atoms with Gasteiger partial charge in [0.05, 0.1) is 0 Å². The van der Waals surface area contributed by atoms with Gasteiger partial charge in [-0.3, -0.25) is 0 Å². The lowest BCUT2D eigenvalue weighted by Gasteiger charge is -2.21. The molecule has 3 heteroatoms. The van der Waals surface area contributed by atoms with E-state index in [1.54, 1.807) is 7.05 Å². The summed E-state index contributed by atoms with van der Waals surface area (Å²) in [5.41, 5.74) is -0.428. The number of hydrogen-bond donors (Lipinski definition) is 0. The molecule has 0 aromatic rings. The Bertz CT molecular complexity index is 124. The van der Waals surface area contributed by atoms with E-state index in [9.17, 15) is 4.79 Å². The Hall–Kier alpha value is -0.730. The van der Waals surface area contributed by atoms with E-state index in [0.717, 1.165) is 4.90 Å². The van der Waals surface area contributed by atoms with E-state index < -0.39 is 11.7 Å². The van der Waals surface area contributed by atoms with Crippen LogP contribution in [0.3, 0.4) is 0 Å². The number of amides is 1. The first-order valence-electron chi connectivity index (χ1n) is 3.10. The Morgan fingerprint density at radius 3 is 2.00 bits per heavy atom. The standard InChI is InChI=1S/C7H14NO2/c1-7(2,3)10-6(9)8(4)5/h4H2,1-3,5H3. The lowest BCUT2D eigenvalue weighted by molar-refractivity contribution is 0.0367. The van der Waals surface area contributed by atoms with Gasteiger partial charge in [0.25, 0.3) is 0 Å². The Morgan fingerprint density at radius 2 is 1.90 bits per heavy atom. The van der Waals surface area contributed by atoms with Gasteiger partial charge >= 0.3 is 6.09 Å². The topological polar surface area (TPSA) is 29.5 Å². The molecule has 1 radical (unpaired) electrons. The zero-order valence-corrected chi connectivity index (χ0v) is 6.97. The van der Waals surface area contributed by atoms with Crippen LogP contribution in [0.2, 0.25) is 0 Å². The fourth-order valence-electron chi connectivity index (χ4n) is 0.340. The van der Waals surface area contributed by atoms with E-state index in [2.05, 4.69) is 7.05 Å². The van der Waals surface area contributed by atoms with Crippen molar-refractivity contribution in [1.82, 2.24) is 4.90 Å². The zero-order valence-electron chi connectivity index (χ0n) is 6.97. The van der Waals surface area contributed by atoms with Crippen molar-refractivity contribution >= 4 is 6.09 Å². The average Bonchev–Trinajstić information content (AvgIpc) is 1.60. The minimum atomic E-state index is -0.428. The van der Waals surface area contributed by atoms with E-state index in [0.29, 0.717) is 0 Å². The van der Waals surface area contributed by atoms with Crippen molar-refractivity contribution in [3.63, 3.8) is 0 Å². The molecule has 0 saturated carbocycles. The van der Waals surface area contributed by atoms with E-state index in [4.69, 9.17) is 4.74 Å². The number of hydrogen-bond acceptors (Lipinski definition) is 2. The maximum Gasteiger partial charge on any atom is 0.410 e. The molecule has 0 N–H and O–H groups in total. The molecule has 0 atom stereocenters. The first kappa shape index (κ1) is 9.27. The zero-order chi connectivity index (χ0) is 8.36. The van der Waals surface area contributed by atoms with Crippen LogP contribution in [-0.2, 0) is 4.74 Å². The highest BCUT2D eigenvalue weighted by Crippen LogP contribution is 2.07. The first-order chi connectivity index (χ1) is 4.33. The van der Waals surface area contributed by atoms with E-state index in [1.807, 2.05) is 20.8 Å². The van der Waals surface area contributed by atoms with Crippen molar-refractivity contribution in [1.29, 1.82) is 0 Å². The summed E-state index contributed by atoms with van der Waals surface area (Å²) in [5, 5.41) is 0. The Kier molecular flexibility index (Phi) is 2.69. The maximum atomic E-state index is 10.8. The molecule has 0 saturated heterocycles. The van der Waals surface area contributed by atoms with Gasteiger partial charge in [-0.15, -0.1) is 0 Å². The third-order valence-corrected chi connectivity index (χ3v) is 0.705. The molecule has 0 aliphatic heterocycles. The lowest BCUT2D eigenvalue weighted by Crippen LogP contribution is -2.30. The molecule has 0 aromatic heterocycles. The van der Waals surface area contributed by atoms with Crippen LogP contribution in [0.1, 0.15) is 20.8 Å². The Balaban J connectivity index is 3.81. The van der Waals surface area contributed by atoms with Crippen LogP contribution in [0.25, 0.3) is 0 Å². The molecule has 0 aliphatic rings. The summed E-state index contributed by atoms with van der Waals surface area (Å²) in [6.45, 7) is 5.44. The molecule has 0 spiro atoms. The highest BCUT2D eigenvalue weighted by atomic mass is 16.6. The van der Waals surface area contributed by atoms with Crippen LogP contribution in [0.5, 0.6) is 0 Å². The number of nitrogens with zero attached hydrogens (tertiary/aromatic N) is 1. The van der Waals surface area contributed by atoms with Crippen LogP contribution < -0.4 is 0 Å². The highest BCUT2D eigenvalue weighted by Gasteiger charge is 2.16. The van der Waals surface area contributed by atoms with Crippen LogP contribution in [0.15, 0.2) is 0 Å². The highest BCUT2D eigenvalue weighted by molar-refractivity contribution is 5.67. The third-order valence-electron chi connectivity index (χ3n) is 0.705. The summed E-state index contributed by atoms with van der Waals surface area (Å²) >= 11 is 0. The van der Waals surface area contributed by atoms with Crippen molar-refractivity contribution < 1.29 is 9.53 Å². The summed E-state index contributed by atoms with van der Waals surface area (Å²) in [5.74, 6) is 0. The van der Waals surface area contributed by atoms with Gasteiger partial charge in [-0.2, -0.15) is 0 Å². The third kappa shape index (κ3) is 4.18. The molecule has 3 nitrogen and oxygen atoms in total. The SMILES string of the molecule is [CH2]N(C)C(=O)OC(C)(C)C. The normalized spacial score (nSPS) is 10.9. The number of ether oxygens (including phenoxy) is 1. The van der Waals surface area contributed by atoms with Crippen molar-refractivity contribution in [2.45, 2.75) is 26.4 Å². The molecule has 10 heavy (non-hydrogen) atoms. The molecule has 0 rings (SSSR count). The molecule has 0 aromatic carbocycles. The van der Waals surface area contributed by atoms with Crippen molar-refractivity contribution in [3.05, 3.63) is 7.05 Å². The molecule has 0 bridgehead atoms. The van der Waals surface area contributed by atoms with Gasteiger partial charge in [0, 0.05) is 14.1 Å². The predicted molar refractivity (Wildman–Crippen MR) is 39.4 cm³/mol. The second kappa shape index (κ2) is 2.90. The quantitative estimate of drug-likeness (QED) is 0.517. The predicted octanol–water partition coefficient (Wildman–Crippen LogP) is 1.64. The number of rotatable bonds is 0. The van der Waals surface area contributed by atoms with E-state index >= 15 is 0 Å². The Morgan fingerprint density at radius 1 is 1.50 bits per heavy atom. The van der Waals surface area contributed by atoms with Gasteiger partial charge < -0.3 is 9.64 Å². The molecule has 1 amide bonds. The summed E-state index contributed by atoms with van der Waals surface area (Å²) in [4.78, 5) is 12.0. The minimum Gasteiger partial charge on any atom is -0.444 e. The molecular formula is C7H14NO2. The summed E-state index contributed by atoms with van der Waals surface area (Å²) < 4.78 is 4.92. The number of carbonyl (C=O) groups is 1. The smallest absolute Gasteiger partial charge is 0.410 e. The van der Waals surface area contributed by atoms with Crippen LogP contribution in [-0.4, -0.2) is 23.6 Å². The average molecular weight is 144 g/mol. The van der Waals surface area contributed by atoms with E-state index in [1.165, 1.54) is 0 Å². The molecule has 0 unspecified atom stereocenters. The fourth-order valence-corrected chi connectivity index (χ4v) is 0.340. The molecule has 0 heterocycles. The van der Waals surface area contributed by atoms with Crippen molar-refractivity contribution in [3.8, 4) is 0 Å². The Labute approximate surface area is 62.0 Å². The summed E-state index contributed by atoms with van der Waals surface area (Å²) in [6.07, 6.45) is -0.410. The van der Waals surface area contributed by atoms with Crippen molar-refractivity contribution in [2.24, 2.45) is 0 Å². The van der Waals surface area contributed by atoms with Crippen LogP contribution >= 0.6 is 0 Å². The van der Waals surface area contributed by atoms with Crippen molar-refractivity contribution in [2.75, 3.05) is 7.05 Å².